The van der Waals surface area contributed by atoms with E-state index in [4.69, 9.17) is 14.2 Å². The highest BCUT2D eigenvalue weighted by atomic mass is 32.2. The van der Waals surface area contributed by atoms with Crippen molar-refractivity contribution < 1.29 is 19.0 Å². The minimum atomic E-state index is -0.207. The maximum absolute atomic E-state index is 12.7. The summed E-state index contributed by atoms with van der Waals surface area (Å²) in [5, 5.41) is 2.97. The van der Waals surface area contributed by atoms with Crippen LogP contribution in [0.1, 0.15) is 42.6 Å². The van der Waals surface area contributed by atoms with Crippen molar-refractivity contribution >= 4 is 17.7 Å². The maximum Gasteiger partial charge on any atom is 0.252 e. The lowest BCUT2D eigenvalue weighted by molar-refractivity contribution is 0.0943. The number of benzene rings is 2. The average Bonchev–Trinajstić information content (AvgIpc) is 3.36. The topological polar surface area (TPSA) is 56.8 Å². The van der Waals surface area contributed by atoms with Gasteiger partial charge < -0.3 is 19.5 Å². The molecule has 0 saturated carbocycles. The fraction of sp³-hybridized carbons (Fsp3) is 0.458. The van der Waals surface area contributed by atoms with E-state index in [2.05, 4.69) is 25.2 Å². The quantitative estimate of drug-likeness (QED) is 0.497. The molecule has 2 aromatic rings. The zero-order valence-corrected chi connectivity index (χ0v) is 18.4. The molecule has 2 aromatic carbocycles. The largest absolute Gasteiger partial charge is 0.488 e. The summed E-state index contributed by atoms with van der Waals surface area (Å²) in [4.78, 5) is 13.7. The molecule has 0 aromatic heterocycles. The van der Waals surface area contributed by atoms with Crippen molar-refractivity contribution in [3.63, 3.8) is 0 Å². The molecule has 5 nitrogen and oxygen atoms in total. The third-order valence-corrected chi connectivity index (χ3v) is 6.49. The van der Waals surface area contributed by atoms with Crippen LogP contribution in [0.4, 0.5) is 0 Å². The van der Waals surface area contributed by atoms with Gasteiger partial charge in [0.25, 0.3) is 5.91 Å². The fourth-order valence-electron chi connectivity index (χ4n) is 3.86. The third-order valence-electron chi connectivity index (χ3n) is 5.28. The van der Waals surface area contributed by atoms with Crippen molar-refractivity contribution in [1.29, 1.82) is 0 Å². The Morgan fingerprint density at radius 1 is 1.23 bits per heavy atom. The lowest BCUT2D eigenvalue weighted by Crippen LogP contribution is -2.28. The van der Waals surface area contributed by atoms with E-state index in [1.165, 1.54) is 5.56 Å². The van der Waals surface area contributed by atoms with E-state index in [0.29, 0.717) is 24.8 Å². The minimum absolute atomic E-state index is 0.0790. The average molecular weight is 428 g/mol. The predicted octanol–water partition coefficient (Wildman–Crippen LogP) is 4.48. The molecule has 4 rings (SSSR count). The van der Waals surface area contributed by atoms with Gasteiger partial charge in [0.15, 0.2) is 11.5 Å². The molecule has 1 atom stereocenters. The van der Waals surface area contributed by atoms with Crippen LogP contribution in [0.2, 0.25) is 0 Å². The Morgan fingerprint density at radius 2 is 2.10 bits per heavy atom. The number of carbonyl (C=O) groups is 1. The van der Waals surface area contributed by atoms with E-state index in [9.17, 15) is 4.79 Å². The summed E-state index contributed by atoms with van der Waals surface area (Å²) in [6.07, 6.45) is 3.39. The van der Waals surface area contributed by atoms with Gasteiger partial charge in [-0.1, -0.05) is 24.3 Å². The van der Waals surface area contributed by atoms with E-state index >= 15 is 0 Å². The van der Waals surface area contributed by atoms with Crippen LogP contribution in [0.25, 0.3) is 0 Å². The number of thioether (sulfide) groups is 1. The standard InChI is InChI=1S/C24H29NO4S/c1-24(2)15-17-7-5-10-20(22(17)29-24)28-14-12-25-23(26)19-9-3-4-11-21(19)30-16-18-8-6-13-27-18/h3-5,7,9-11,18H,6,8,12-16H2,1-2H3,(H,25,26). The number of hydrogen-bond acceptors (Lipinski definition) is 5. The number of carbonyl (C=O) groups excluding carboxylic acids is 1. The molecule has 1 amide bonds. The number of hydrogen-bond donors (Lipinski definition) is 1. The minimum Gasteiger partial charge on any atom is -0.488 e. The van der Waals surface area contributed by atoms with Gasteiger partial charge in [-0.2, -0.15) is 0 Å². The second kappa shape index (κ2) is 9.31. The summed E-state index contributed by atoms with van der Waals surface area (Å²) in [5.41, 5.74) is 1.66. The van der Waals surface area contributed by atoms with Gasteiger partial charge in [0.05, 0.1) is 18.2 Å². The highest BCUT2D eigenvalue weighted by Gasteiger charge is 2.32. The first-order chi connectivity index (χ1) is 14.5. The monoisotopic (exact) mass is 427 g/mol. The van der Waals surface area contributed by atoms with Crippen LogP contribution in [0.15, 0.2) is 47.4 Å². The Bertz CT molecular complexity index is 893. The molecule has 0 aliphatic carbocycles. The highest BCUT2D eigenvalue weighted by molar-refractivity contribution is 7.99. The van der Waals surface area contributed by atoms with Crippen LogP contribution in [-0.4, -0.2) is 43.1 Å². The molecule has 30 heavy (non-hydrogen) atoms. The summed E-state index contributed by atoms with van der Waals surface area (Å²) in [7, 11) is 0. The molecule has 0 bridgehead atoms. The molecule has 0 radical (unpaired) electrons. The van der Waals surface area contributed by atoms with E-state index in [1.54, 1.807) is 11.8 Å². The molecule has 1 fully saturated rings. The molecule has 1 N–H and O–H groups in total. The first-order valence-electron chi connectivity index (χ1n) is 10.6. The van der Waals surface area contributed by atoms with E-state index < -0.39 is 0 Å². The molecule has 2 heterocycles. The van der Waals surface area contributed by atoms with Crippen LogP contribution in [-0.2, 0) is 11.2 Å². The Labute approximate surface area is 182 Å². The normalized spacial score (nSPS) is 19.2. The van der Waals surface area contributed by atoms with Crippen LogP contribution in [0, 0.1) is 0 Å². The van der Waals surface area contributed by atoms with Gasteiger partial charge in [-0.05, 0) is 44.9 Å². The van der Waals surface area contributed by atoms with Crippen molar-refractivity contribution in [2.75, 3.05) is 25.5 Å². The number of rotatable bonds is 8. The van der Waals surface area contributed by atoms with Gasteiger partial charge in [0.1, 0.15) is 12.2 Å². The number of nitrogens with one attached hydrogen (secondary N) is 1. The summed E-state index contributed by atoms with van der Waals surface area (Å²) in [6, 6.07) is 13.7. The zero-order chi connectivity index (χ0) is 21.0. The summed E-state index contributed by atoms with van der Waals surface area (Å²) >= 11 is 1.69. The van der Waals surface area contributed by atoms with Crippen LogP contribution < -0.4 is 14.8 Å². The van der Waals surface area contributed by atoms with Gasteiger partial charge in [-0.3, -0.25) is 4.79 Å². The molecule has 1 unspecified atom stereocenters. The first-order valence-corrected chi connectivity index (χ1v) is 11.6. The second-order valence-electron chi connectivity index (χ2n) is 8.33. The van der Waals surface area contributed by atoms with Crippen LogP contribution in [0.3, 0.4) is 0 Å². The Hall–Kier alpha value is -2.18. The van der Waals surface area contributed by atoms with Gasteiger partial charge in [-0.15, -0.1) is 11.8 Å². The van der Waals surface area contributed by atoms with E-state index in [-0.39, 0.29) is 11.5 Å². The molecule has 0 spiro atoms. The van der Waals surface area contributed by atoms with Crippen molar-refractivity contribution in [2.24, 2.45) is 0 Å². The first kappa shape index (κ1) is 21.1. The van der Waals surface area contributed by atoms with Gasteiger partial charge >= 0.3 is 0 Å². The zero-order valence-electron chi connectivity index (χ0n) is 17.6. The lowest BCUT2D eigenvalue weighted by atomic mass is 10.0. The number of ether oxygens (including phenoxy) is 3. The van der Waals surface area contributed by atoms with Crippen molar-refractivity contribution in [2.45, 2.75) is 49.7 Å². The Morgan fingerprint density at radius 3 is 2.93 bits per heavy atom. The molecule has 2 aliphatic rings. The van der Waals surface area contributed by atoms with Crippen molar-refractivity contribution in [1.82, 2.24) is 5.32 Å². The van der Waals surface area contributed by atoms with Gasteiger partial charge in [-0.25, -0.2) is 0 Å². The number of fused-ring (bicyclic) bond motifs is 1. The molecule has 2 aliphatic heterocycles. The maximum atomic E-state index is 12.7. The van der Waals surface area contributed by atoms with Crippen LogP contribution in [0.5, 0.6) is 11.5 Å². The summed E-state index contributed by atoms with van der Waals surface area (Å²) in [5.74, 6) is 2.36. The summed E-state index contributed by atoms with van der Waals surface area (Å²) < 4.78 is 17.6. The fourth-order valence-corrected chi connectivity index (χ4v) is 4.98. The van der Waals surface area contributed by atoms with Crippen molar-refractivity contribution in [3.8, 4) is 11.5 Å². The van der Waals surface area contributed by atoms with Crippen LogP contribution >= 0.6 is 11.8 Å². The molecular weight excluding hydrogens is 398 g/mol. The second-order valence-corrected chi connectivity index (χ2v) is 9.39. The highest BCUT2D eigenvalue weighted by Crippen LogP contribution is 2.41. The Balaban J connectivity index is 1.28. The smallest absolute Gasteiger partial charge is 0.252 e. The molecule has 1 saturated heterocycles. The Kier molecular flexibility index (Phi) is 6.54. The van der Waals surface area contributed by atoms with Gasteiger partial charge in [0.2, 0.25) is 0 Å². The third kappa shape index (κ3) is 5.10. The molecule has 160 valence electrons. The number of amides is 1. The SMILES string of the molecule is CC1(C)Cc2cccc(OCCNC(=O)c3ccccc3SCC3CCCO3)c2O1. The molecular formula is C24H29NO4S. The van der Waals surface area contributed by atoms with Gasteiger partial charge in [0, 0.05) is 29.2 Å². The van der Waals surface area contributed by atoms with E-state index in [0.717, 1.165) is 48.0 Å². The summed E-state index contributed by atoms with van der Waals surface area (Å²) in [6.45, 7) is 5.81. The van der Waals surface area contributed by atoms with Crippen molar-refractivity contribution in [3.05, 3.63) is 53.6 Å². The predicted molar refractivity (Wildman–Crippen MR) is 119 cm³/mol. The molecule has 6 heteroatoms. The number of para-hydroxylation sites is 1. The van der Waals surface area contributed by atoms with E-state index in [1.807, 2.05) is 36.4 Å². The lowest BCUT2D eigenvalue weighted by Gasteiger charge is -2.18.